The van der Waals surface area contributed by atoms with Crippen molar-refractivity contribution in [1.82, 2.24) is 9.97 Å². The maximum atomic E-state index is 11.7. The van der Waals surface area contributed by atoms with Gasteiger partial charge in [0.05, 0.1) is 17.2 Å². The van der Waals surface area contributed by atoms with Gasteiger partial charge in [0, 0.05) is 40.7 Å². The molecule has 0 aliphatic carbocycles. The van der Waals surface area contributed by atoms with Crippen LogP contribution in [0.25, 0.3) is 22.0 Å². The standard InChI is InChI=1S/C16H11Cl2N3O2/c1-23-13-3-2-9(16(19)22)10-4-8(5-21-15(10)13)14-11(17)6-20-7-12(14)18/h2-7H,1H3,(H2,19,22). The van der Waals surface area contributed by atoms with Crippen molar-refractivity contribution in [3.63, 3.8) is 0 Å². The van der Waals surface area contributed by atoms with Crippen LogP contribution < -0.4 is 10.5 Å². The Labute approximate surface area is 142 Å². The minimum atomic E-state index is -0.552. The number of hydrogen-bond donors (Lipinski definition) is 1. The lowest BCUT2D eigenvalue weighted by atomic mass is 10.0. The summed E-state index contributed by atoms with van der Waals surface area (Å²) in [6.45, 7) is 0. The zero-order valence-corrected chi connectivity index (χ0v) is 13.5. The Hall–Kier alpha value is -2.37. The minimum absolute atomic E-state index is 0.344. The first-order valence-corrected chi connectivity index (χ1v) is 7.34. The van der Waals surface area contributed by atoms with Gasteiger partial charge in [-0.15, -0.1) is 0 Å². The summed E-state index contributed by atoms with van der Waals surface area (Å²) in [5.74, 6) is -0.00741. The molecule has 0 spiro atoms. The molecular formula is C16H11Cl2N3O2. The van der Waals surface area contributed by atoms with E-state index in [1.165, 1.54) is 19.5 Å². The molecule has 0 fully saturated rings. The van der Waals surface area contributed by atoms with Gasteiger partial charge >= 0.3 is 0 Å². The topological polar surface area (TPSA) is 78.1 Å². The number of benzene rings is 1. The van der Waals surface area contributed by atoms with Gasteiger partial charge in [-0.1, -0.05) is 23.2 Å². The van der Waals surface area contributed by atoms with E-state index in [4.69, 9.17) is 33.7 Å². The quantitative estimate of drug-likeness (QED) is 0.783. The Morgan fingerprint density at radius 2 is 1.87 bits per heavy atom. The summed E-state index contributed by atoms with van der Waals surface area (Å²) in [5.41, 5.74) is 7.58. The third-order valence-corrected chi connectivity index (χ3v) is 4.01. The molecule has 0 atom stereocenters. The van der Waals surface area contributed by atoms with Crippen LogP contribution in [-0.2, 0) is 0 Å². The first kappa shape index (κ1) is 15.5. The van der Waals surface area contributed by atoms with Gasteiger partial charge < -0.3 is 10.5 Å². The largest absolute Gasteiger partial charge is 0.494 e. The molecule has 0 aliphatic rings. The number of nitrogens with two attached hydrogens (primary N) is 1. The van der Waals surface area contributed by atoms with Crippen molar-refractivity contribution >= 4 is 40.0 Å². The summed E-state index contributed by atoms with van der Waals surface area (Å²) >= 11 is 12.4. The van der Waals surface area contributed by atoms with Crippen molar-refractivity contribution in [1.29, 1.82) is 0 Å². The molecule has 0 bridgehead atoms. The molecule has 2 heterocycles. The zero-order chi connectivity index (χ0) is 16.6. The molecule has 5 nitrogen and oxygen atoms in total. The second kappa shape index (κ2) is 6.02. The van der Waals surface area contributed by atoms with Crippen molar-refractivity contribution < 1.29 is 9.53 Å². The summed E-state index contributed by atoms with van der Waals surface area (Å²) in [7, 11) is 1.53. The second-order valence-corrected chi connectivity index (χ2v) is 5.59. The molecule has 0 radical (unpaired) electrons. The number of ether oxygens (including phenoxy) is 1. The van der Waals surface area contributed by atoms with Crippen LogP contribution in [0.15, 0.2) is 36.8 Å². The third-order valence-electron chi connectivity index (χ3n) is 3.44. The van der Waals surface area contributed by atoms with Crippen molar-refractivity contribution in [2.24, 2.45) is 5.73 Å². The van der Waals surface area contributed by atoms with Crippen molar-refractivity contribution in [2.45, 2.75) is 0 Å². The van der Waals surface area contributed by atoms with Gasteiger partial charge in [-0.05, 0) is 18.2 Å². The Kier molecular flexibility index (Phi) is 4.07. The molecule has 3 aromatic rings. The molecular weight excluding hydrogens is 337 g/mol. The molecule has 23 heavy (non-hydrogen) atoms. The van der Waals surface area contributed by atoms with E-state index < -0.39 is 5.91 Å². The Balaban J connectivity index is 2.34. The Morgan fingerprint density at radius 1 is 1.17 bits per heavy atom. The molecule has 0 unspecified atom stereocenters. The molecule has 2 N–H and O–H groups in total. The number of amides is 1. The average Bonchev–Trinajstić information content (AvgIpc) is 2.53. The summed E-state index contributed by atoms with van der Waals surface area (Å²) in [5, 5.41) is 1.35. The van der Waals surface area contributed by atoms with E-state index in [0.29, 0.717) is 43.4 Å². The molecule has 0 aliphatic heterocycles. The number of hydrogen-bond acceptors (Lipinski definition) is 4. The van der Waals surface area contributed by atoms with Crippen molar-refractivity contribution in [2.75, 3.05) is 7.11 Å². The van der Waals surface area contributed by atoms with Gasteiger partial charge in [-0.3, -0.25) is 14.8 Å². The van der Waals surface area contributed by atoms with Gasteiger partial charge in [0.15, 0.2) is 0 Å². The Bertz CT molecular complexity index is 908. The Morgan fingerprint density at radius 3 is 2.48 bits per heavy atom. The van der Waals surface area contributed by atoms with E-state index in [9.17, 15) is 4.79 Å². The summed E-state index contributed by atoms with van der Waals surface area (Å²) < 4.78 is 5.28. The van der Waals surface area contributed by atoms with E-state index in [0.717, 1.165) is 0 Å². The number of primary amides is 1. The van der Waals surface area contributed by atoms with Gasteiger partial charge in [0.25, 0.3) is 0 Å². The highest BCUT2D eigenvalue weighted by molar-refractivity contribution is 6.39. The number of carbonyl (C=O) groups is 1. The summed E-state index contributed by atoms with van der Waals surface area (Å²) in [6, 6.07) is 5.02. The average molecular weight is 348 g/mol. The molecule has 0 saturated carbocycles. The number of rotatable bonds is 3. The van der Waals surface area contributed by atoms with Crippen LogP contribution in [0.4, 0.5) is 0 Å². The first-order chi connectivity index (χ1) is 11.0. The highest BCUT2D eigenvalue weighted by atomic mass is 35.5. The first-order valence-electron chi connectivity index (χ1n) is 6.59. The van der Waals surface area contributed by atoms with E-state index in [-0.39, 0.29) is 0 Å². The van der Waals surface area contributed by atoms with Crippen LogP contribution >= 0.6 is 23.2 Å². The number of carbonyl (C=O) groups excluding carboxylic acids is 1. The maximum Gasteiger partial charge on any atom is 0.249 e. The van der Waals surface area contributed by atoms with Gasteiger partial charge in [0.1, 0.15) is 11.3 Å². The SMILES string of the molecule is COc1ccc(C(N)=O)c2cc(-c3c(Cl)cncc3Cl)cnc12. The number of aromatic nitrogens is 2. The maximum absolute atomic E-state index is 11.7. The molecule has 1 aromatic carbocycles. The smallest absolute Gasteiger partial charge is 0.249 e. The van der Waals surface area contributed by atoms with Crippen molar-refractivity contribution in [3.8, 4) is 16.9 Å². The molecule has 3 rings (SSSR count). The predicted molar refractivity (Wildman–Crippen MR) is 90.1 cm³/mol. The fourth-order valence-corrected chi connectivity index (χ4v) is 2.98. The van der Waals surface area contributed by atoms with Crippen LogP contribution in [0.3, 0.4) is 0 Å². The predicted octanol–water partition coefficient (Wildman–Crippen LogP) is 3.71. The fraction of sp³-hybridized carbons (Fsp3) is 0.0625. The number of halogens is 2. The molecule has 1 amide bonds. The third kappa shape index (κ3) is 2.69. The van der Waals surface area contributed by atoms with E-state index in [2.05, 4.69) is 9.97 Å². The van der Waals surface area contributed by atoms with Crippen LogP contribution in [-0.4, -0.2) is 23.0 Å². The second-order valence-electron chi connectivity index (χ2n) is 4.78. The molecule has 7 heteroatoms. The number of methoxy groups -OCH3 is 1. The molecule has 0 saturated heterocycles. The van der Waals surface area contributed by atoms with E-state index in [1.54, 1.807) is 24.4 Å². The monoisotopic (exact) mass is 347 g/mol. The summed E-state index contributed by atoms with van der Waals surface area (Å²) in [4.78, 5) is 20.0. The lowest BCUT2D eigenvalue weighted by Crippen LogP contribution is -2.11. The fourth-order valence-electron chi connectivity index (χ4n) is 2.40. The zero-order valence-electron chi connectivity index (χ0n) is 12.0. The lowest BCUT2D eigenvalue weighted by molar-refractivity contribution is 0.100. The van der Waals surface area contributed by atoms with Crippen LogP contribution in [0.2, 0.25) is 10.0 Å². The van der Waals surface area contributed by atoms with Crippen molar-refractivity contribution in [3.05, 3.63) is 52.4 Å². The summed E-state index contributed by atoms with van der Waals surface area (Å²) in [6.07, 6.45) is 4.60. The number of pyridine rings is 2. The van der Waals surface area contributed by atoms with E-state index in [1.807, 2.05) is 0 Å². The number of fused-ring (bicyclic) bond motifs is 1. The normalized spacial score (nSPS) is 10.7. The van der Waals surface area contributed by atoms with Gasteiger partial charge in [-0.25, -0.2) is 0 Å². The number of nitrogens with zero attached hydrogens (tertiary/aromatic N) is 2. The van der Waals surface area contributed by atoms with Crippen LogP contribution in [0.5, 0.6) is 5.75 Å². The van der Waals surface area contributed by atoms with Gasteiger partial charge in [0.2, 0.25) is 5.91 Å². The van der Waals surface area contributed by atoms with Crippen LogP contribution in [0, 0.1) is 0 Å². The van der Waals surface area contributed by atoms with Gasteiger partial charge in [-0.2, -0.15) is 0 Å². The van der Waals surface area contributed by atoms with Crippen LogP contribution in [0.1, 0.15) is 10.4 Å². The minimum Gasteiger partial charge on any atom is -0.494 e. The highest BCUT2D eigenvalue weighted by Crippen LogP contribution is 2.36. The molecule has 116 valence electrons. The molecule has 2 aromatic heterocycles. The van der Waals surface area contributed by atoms with E-state index >= 15 is 0 Å². The highest BCUT2D eigenvalue weighted by Gasteiger charge is 2.15. The lowest BCUT2D eigenvalue weighted by Gasteiger charge is -2.11.